The number of aromatic nitrogens is 4. The molecule has 2 aromatic carbocycles. The van der Waals surface area contributed by atoms with Crippen molar-refractivity contribution < 1.29 is 14.5 Å². The van der Waals surface area contributed by atoms with Gasteiger partial charge < -0.3 is 10.1 Å². The summed E-state index contributed by atoms with van der Waals surface area (Å²) in [6, 6.07) is 15.0. The van der Waals surface area contributed by atoms with E-state index in [1.165, 1.54) is 29.2 Å². The number of amides is 1. The molecule has 0 bridgehead atoms. The normalized spacial score (nSPS) is 10.8. The van der Waals surface area contributed by atoms with E-state index in [0.29, 0.717) is 29.9 Å². The number of rotatable bonds is 9. The summed E-state index contributed by atoms with van der Waals surface area (Å²) in [6.07, 6.45) is 2.86. The summed E-state index contributed by atoms with van der Waals surface area (Å²) in [5, 5.41) is 18.1. The van der Waals surface area contributed by atoms with Crippen LogP contribution in [0.5, 0.6) is 5.75 Å². The molecule has 0 aliphatic rings. The van der Waals surface area contributed by atoms with Crippen LogP contribution < -0.4 is 15.6 Å². The van der Waals surface area contributed by atoms with Crippen molar-refractivity contribution in [2.75, 3.05) is 13.2 Å². The van der Waals surface area contributed by atoms with Gasteiger partial charge in [0.05, 0.1) is 24.2 Å². The van der Waals surface area contributed by atoms with Crippen molar-refractivity contribution in [3.63, 3.8) is 0 Å². The summed E-state index contributed by atoms with van der Waals surface area (Å²) in [6.45, 7) is 0.749. The number of fused-ring (bicyclic) bond motifs is 1. The van der Waals surface area contributed by atoms with E-state index in [0.717, 1.165) is 5.56 Å². The van der Waals surface area contributed by atoms with Gasteiger partial charge in [0.2, 0.25) is 0 Å². The van der Waals surface area contributed by atoms with E-state index in [1.54, 1.807) is 28.9 Å². The molecule has 4 aromatic rings. The second kappa shape index (κ2) is 9.73. The molecule has 0 aliphatic carbocycles. The second-order valence-corrected chi connectivity index (χ2v) is 7.16. The Morgan fingerprint density at radius 2 is 1.88 bits per heavy atom. The van der Waals surface area contributed by atoms with Crippen molar-refractivity contribution in [2.24, 2.45) is 0 Å². The topological polar surface area (TPSA) is 134 Å². The minimum absolute atomic E-state index is 0.0142. The van der Waals surface area contributed by atoms with Crippen molar-refractivity contribution in [1.82, 2.24) is 24.6 Å². The van der Waals surface area contributed by atoms with E-state index in [1.807, 2.05) is 18.2 Å². The quantitative estimate of drug-likeness (QED) is 0.304. The van der Waals surface area contributed by atoms with Crippen LogP contribution in [0.15, 0.2) is 71.9 Å². The molecule has 168 valence electrons. The molecule has 0 atom stereocenters. The highest BCUT2D eigenvalue weighted by atomic mass is 16.6. The molecule has 0 radical (unpaired) electrons. The highest BCUT2D eigenvalue weighted by Crippen LogP contribution is 2.13. The molecule has 33 heavy (non-hydrogen) atoms. The van der Waals surface area contributed by atoms with Crippen LogP contribution in [0, 0.1) is 10.1 Å². The Kier molecular flexibility index (Phi) is 6.39. The molecule has 2 aromatic heterocycles. The number of benzene rings is 2. The number of nitrogens with zero attached hydrogens (tertiary/aromatic N) is 5. The lowest BCUT2D eigenvalue weighted by Crippen LogP contribution is -2.31. The fourth-order valence-electron chi connectivity index (χ4n) is 3.21. The van der Waals surface area contributed by atoms with Gasteiger partial charge in [-0.05, 0) is 17.7 Å². The van der Waals surface area contributed by atoms with Crippen LogP contribution >= 0.6 is 0 Å². The predicted octanol–water partition coefficient (Wildman–Crippen LogP) is 1.74. The lowest BCUT2D eigenvalue weighted by Gasteiger charge is -2.08. The van der Waals surface area contributed by atoms with Gasteiger partial charge in [0.25, 0.3) is 17.2 Å². The lowest BCUT2D eigenvalue weighted by molar-refractivity contribution is -0.384. The number of nitro benzene ring substituents is 1. The van der Waals surface area contributed by atoms with Gasteiger partial charge in [-0.1, -0.05) is 30.3 Å². The van der Waals surface area contributed by atoms with Crippen LogP contribution in [0.3, 0.4) is 0 Å². The van der Waals surface area contributed by atoms with E-state index in [2.05, 4.69) is 15.4 Å². The maximum absolute atomic E-state index is 12.8. The first kappa shape index (κ1) is 21.7. The molecule has 0 spiro atoms. The molecule has 11 nitrogen and oxygen atoms in total. The highest BCUT2D eigenvalue weighted by Gasteiger charge is 2.12. The molecule has 1 N–H and O–H groups in total. The maximum atomic E-state index is 12.8. The van der Waals surface area contributed by atoms with Crippen LogP contribution in [0.1, 0.15) is 5.56 Å². The average molecular weight is 448 g/mol. The molecule has 1 amide bonds. The van der Waals surface area contributed by atoms with Crippen LogP contribution in [0.25, 0.3) is 11.0 Å². The molecule has 2 heterocycles. The average Bonchev–Trinajstić information content (AvgIpc) is 3.24. The van der Waals surface area contributed by atoms with Crippen LogP contribution in [0.4, 0.5) is 5.69 Å². The Morgan fingerprint density at radius 1 is 1.12 bits per heavy atom. The molecule has 0 fully saturated rings. The molecule has 0 saturated heterocycles. The number of carbonyl (C=O) groups excluding carboxylic acids is 1. The second-order valence-electron chi connectivity index (χ2n) is 7.16. The fourth-order valence-corrected chi connectivity index (χ4v) is 3.21. The zero-order chi connectivity index (χ0) is 23.2. The van der Waals surface area contributed by atoms with Gasteiger partial charge in [0.15, 0.2) is 12.3 Å². The van der Waals surface area contributed by atoms with Crippen molar-refractivity contribution in [3.05, 3.63) is 93.2 Å². The largest absolute Gasteiger partial charge is 0.484 e. The van der Waals surface area contributed by atoms with Gasteiger partial charge in [-0.15, -0.1) is 0 Å². The number of non-ortho nitro benzene ring substituents is 1. The van der Waals surface area contributed by atoms with E-state index >= 15 is 0 Å². The summed E-state index contributed by atoms with van der Waals surface area (Å²) in [5.41, 5.74) is 0.857. The summed E-state index contributed by atoms with van der Waals surface area (Å²) in [4.78, 5) is 39.4. The zero-order valence-corrected chi connectivity index (χ0v) is 17.5. The van der Waals surface area contributed by atoms with Gasteiger partial charge in [-0.3, -0.25) is 24.3 Å². The smallest absolute Gasteiger partial charge is 0.269 e. The van der Waals surface area contributed by atoms with Crippen LogP contribution in [0.2, 0.25) is 0 Å². The van der Waals surface area contributed by atoms with Gasteiger partial charge in [0.1, 0.15) is 17.5 Å². The first-order valence-corrected chi connectivity index (χ1v) is 10.1. The van der Waals surface area contributed by atoms with Gasteiger partial charge in [-0.2, -0.15) is 5.10 Å². The van der Waals surface area contributed by atoms with Gasteiger partial charge in [0, 0.05) is 18.7 Å². The van der Waals surface area contributed by atoms with E-state index < -0.39 is 4.92 Å². The lowest BCUT2D eigenvalue weighted by atomic mass is 10.2. The van der Waals surface area contributed by atoms with E-state index in [4.69, 9.17) is 4.74 Å². The summed E-state index contributed by atoms with van der Waals surface area (Å²) in [5.74, 6) is 0.341. The third kappa shape index (κ3) is 5.21. The summed E-state index contributed by atoms with van der Waals surface area (Å²) < 4.78 is 8.36. The maximum Gasteiger partial charge on any atom is 0.269 e. The SMILES string of the molecule is O=C(COc1ccccc1)NCCn1ncc2c(=O)n(Cc3ccc([N+](=O)[O-])cc3)cnc21. The predicted molar refractivity (Wildman–Crippen MR) is 119 cm³/mol. The van der Waals surface area contributed by atoms with Gasteiger partial charge >= 0.3 is 0 Å². The number of hydrogen-bond donors (Lipinski definition) is 1. The minimum Gasteiger partial charge on any atom is -0.484 e. The van der Waals surface area contributed by atoms with E-state index in [-0.39, 0.29) is 30.3 Å². The Hall–Kier alpha value is -4.54. The number of nitro groups is 1. The number of nitrogens with one attached hydrogen (secondary N) is 1. The standard InChI is InChI=1S/C22H20N6O5/c29-20(14-33-18-4-2-1-3-5-18)23-10-11-27-21-19(12-25-27)22(30)26(15-24-21)13-16-6-8-17(9-7-16)28(31)32/h1-9,12,15H,10-11,13-14H2,(H,23,29). The molecule has 0 aliphatic heterocycles. The zero-order valence-electron chi connectivity index (χ0n) is 17.5. The molecule has 0 saturated carbocycles. The summed E-state index contributed by atoms with van der Waals surface area (Å²) in [7, 11) is 0. The van der Waals surface area contributed by atoms with Crippen molar-refractivity contribution in [2.45, 2.75) is 13.1 Å². The first-order valence-electron chi connectivity index (χ1n) is 10.1. The van der Waals surface area contributed by atoms with E-state index in [9.17, 15) is 19.7 Å². The number of para-hydroxylation sites is 1. The Balaban J connectivity index is 1.36. The van der Waals surface area contributed by atoms with Crippen molar-refractivity contribution >= 4 is 22.6 Å². The number of ether oxygens (including phenoxy) is 1. The van der Waals surface area contributed by atoms with Crippen LogP contribution in [-0.2, 0) is 17.9 Å². The first-order chi connectivity index (χ1) is 16.0. The fraction of sp³-hybridized carbons (Fsp3) is 0.182. The third-order valence-corrected chi connectivity index (χ3v) is 4.88. The number of carbonyl (C=O) groups is 1. The molecular formula is C22H20N6O5. The van der Waals surface area contributed by atoms with Gasteiger partial charge in [-0.25, -0.2) is 9.67 Å². The molecular weight excluding hydrogens is 428 g/mol. The monoisotopic (exact) mass is 448 g/mol. The third-order valence-electron chi connectivity index (χ3n) is 4.88. The Morgan fingerprint density at radius 3 is 2.61 bits per heavy atom. The number of hydrogen-bond acceptors (Lipinski definition) is 7. The van der Waals surface area contributed by atoms with Crippen molar-refractivity contribution in [1.29, 1.82) is 0 Å². The van der Waals surface area contributed by atoms with Crippen LogP contribution in [-0.4, -0.2) is 43.3 Å². The Labute approximate surface area is 187 Å². The molecule has 0 unspecified atom stereocenters. The summed E-state index contributed by atoms with van der Waals surface area (Å²) >= 11 is 0. The molecule has 11 heteroatoms. The molecule has 4 rings (SSSR count). The minimum atomic E-state index is -0.476. The van der Waals surface area contributed by atoms with Crippen molar-refractivity contribution in [3.8, 4) is 5.75 Å². The highest BCUT2D eigenvalue weighted by molar-refractivity contribution is 5.77. The Bertz CT molecular complexity index is 1330.